The summed E-state index contributed by atoms with van der Waals surface area (Å²) in [5.74, 6) is 1.11. The molecule has 0 spiro atoms. The third kappa shape index (κ3) is 2.76. The van der Waals surface area contributed by atoms with Gasteiger partial charge in [0, 0.05) is 37.1 Å². The summed E-state index contributed by atoms with van der Waals surface area (Å²) >= 11 is 0. The van der Waals surface area contributed by atoms with E-state index in [0.29, 0.717) is 0 Å². The number of hydrogen-bond donors (Lipinski definition) is 0. The van der Waals surface area contributed by atoms with Gasteiger partial charge in [-0.2, -0.15) is 0 Å². The highest BCUT2D eigenvalue weighted by atomic mass is 16.2. The zero-order chi connectivity index (χ0) is 15.6. The summed E-state index contributed by atoms with van der Waals surface area (Å²) in [4.78, 5) is 25.8. The molecule has 3 heterocycles. The van der Waals surface area contributed by atoms with E-state index in [4.69, 9.17) is 0 Å². The summed E-state index contributed by atoms with van der Waals surface area (Å²) in [5.41, 5.74) is 1.67. The lowest BCUT2D eigenvalue weighted by molar-refractivity contribution is 0.0793. The Morgan fingerprint density at radius 2 is 1.65 bits per heavy atom. The Kier molecular flexibility index (Phi) is 3.85. The van der Waals surface area contributed by atoms with Crippen molar-refractivity contribution in [1.82, 2.24) is 14.9 Å². The van der Waals surface area contributed by atoms with Gasteiger partial charge < -0.3 is 9.80 Å². The number of rotatable bonds is 2. The molecule has 23 heavy (non-hydrogen) atoms. The van der Waals surface area contributed by atoms with Crippen LogP contribution in [0.2, 0.25) is 0 Å². The van der Waals surface area contributed by atoms with Crippen LogP contribution in [0.5, 0.6) is 0 Å². The molecule has 0 bridgehead atoms. The van der Waals surface area contributed by atoms with E-state index in [2.05, 4.69) is 14.9 Å². The molecule has 0 radical (unpaired) electrons. The van der Waals surface area contributed by atoms with E-state index in [1.165, 1.54) is 19.3 Å². The van der Waals surface area contributed by atoms with Crippen LogP contribution in [0.1, 0.15) is 42.5 Å². The van der Waals surface area contributed by atoms with Crippen LogP contribution < -0.4 is 4.90 Å². The van der Waals surface area contributed by atoms with E-state index in [1.54, 1.807) is 6.33 Å². The van der Waals surface area contributed by atoms with Crippen LogP contribution in [0.4, 0.5) is 5.82 Å². The van der Waals surface area contributed by atoms with Crippen molar-refractivity contribution in [2.75, 3.05) is 31.1 Å². The van der Waals surface area contributed by atoms with E-state index in [-0.39, 0.29) is 5.91 Å². The zero-order valence-electron chi connectivity index (χ0n) is 13.4. The predicted octanol–water partition coefficient (Wildman–Crippen LogP) is 2.86. The zero-order valence-corrected chi connectivity index (χ0v) is 13.4. The number of likely N-dealkylation sites (tertiary alicyclic amines) is 1. The van der Waals surface area contributed by atoms with Crippen LogP contribution in [-0.2, 0) is 0 Å². The number of hydrogen-bond acceptors (Lipinski definition) is 4. The fourth-order valence-corrected chi connectivity index (χ4v) is 3.64. The lowest BCUT2D eigenvalue weighted by atomic mass is 10.1. The summed E-state index contributed by atoms with van der Waals surface area (Å²) < 4.78 is 0. The lowest BCUT2D eigenvalue weighted by Crippen LogP contribution is -2.30. The van der Waals surface area contributed by atoms with Gasteiger partial charge in [0.1, 0.15) is 12.1 Å². The highest BCUT2D eigenvalue weighted by Gasteiger charge is 2.21. The number of benzene rings is 1. The molecule has 0 atom stereocenters. The van der Waals surface area contributed by atoms with Gasteiger partial charge in [-0.1, -0.05) is 0 Å². The Balaban J connectivity index is 1.72. The summed E-state index contributed by atoms with van der Waals surface area (Å²) in [7, 11) is 0. The minimum Gasteiger partial charge on any atom is -0.356 e. The molecule has 5 nitrogen and oxygen atoms in total. The molecule has 2 aromatic rings. The average Bonchev–Trinajstić information content (AvgIpc) is 3.15. The number of piperidine rings is 1. The maximum absolute atomic E-state index is 12.6. The Hall–Kier alpha value is -2.17. The van der Waals surface area contributed by atoms with Crippen LogP contribution in [0.25, 0.3) is 10.9 Å². The molecule has 0 aliphatic carbocycles. The van der Waals surface area contributed by atoms with Gasteiger partial charge in [0.15, 0.2) is 0 Å². The Morgan fingerprint density at radius 3 is 2.43 bits per heavy atom. The third-order valence-corrected chi connectivity index (χ3v) is 4.91. The Bertz CT molecular complexity index is 718. The highest BCUT2D eigenvalue weighted by Crippen LogP contribution is 2.27. The Morgan fingerprint density at radius 1 is 0.913 bits per heavy atom. The monoisotopic (exact) mass is 310 g/mol. The minimum atomic E-state index is 0.137. The number of amides is 1. The summed E-state index contributed by atoms with van der Waals surface area (Å²) in [6, 6.07) is 5.84. The van der Waals surface area contributed by atoms with Gasteiger partial charge in [0.2, 0.25) is 0 Å². The highest BCUT2D eigenvalue weighted by molar-refractivity contribution is 6.00. The number of nitrogens with zero attached hydrogens (tertiary/aromatic N) is 4. The van der Waals surface area contributed by atoms with Crippen molar-refractivity contribution in [1.29, 1.82) is 0 Å². The van der Waals surface area contributed by atoms with Crippen molar-refractivity contribution in [3.63, 3.8) is 0 Å². The fourth-order valence-electron chi connectivity index (χ4n) is 3.64. The second-order valence-electron chi connectivity index (χ2n) is 6.48. The number of aromatic nitrogens is 2. The van der Waals surface area contributed by atoms with E-state index in [9.17, 15) is 4.79 Å². The molecule has 2 aliphatic rings. The standard InChI is InChI=1S/C18H22N4O/c23-18(22-10-4-5-11-22)14-6-7-16-15(12-14)17(20-13-19-16)21-8-2-1-3-9-21/h6-7,12-13H,1-5,8-11H2. The first-order valence-corrected chi connectivity index (χ1v) is 8.62. The Labute approximate surface area is 136 Å². The van der Waals surface area contributed by atoms with Crippen molar-refractivity contribution < 1.29 is 4.79 Å². The van der Waals surface area contributed by atoms with Gasteiger partial charge in [0.25, 0.3) is 5.91 Å². The summed E-state index contributed by atoms with van der Waals surface area (Å²) in [6.45, 7) is 3.83. The quantitative estimate of drug-likeness (QED) is 0.856. The van der Waals surface area contributed by atoms with Crippen LogP contribution in [0.15, 0.2) is 24.5 Å². The normalized spacial score (nSPS) is 18.6. The number of carbonyl (C=O) groups is 1. The molecule has 4 rings (SSSR count). The van der Waals surface area contributed by atoms with Gasteiger partial charge in [-0.15, -0.1) is 0 Å². The van der Waals surface area contributed by atoms with E-state index < -0.39 is 0 Å². The molecular formula is C18H22N4O. The van der Waals surface area contributed by atoms with Crippen molar-refractivity contribution in [2.24, 2.45) is 0 Å². The topological polar surface area (TPSA) is 49.3 Å². The number of fused-ring (bicyclic) bond motifs is 1. The van der Waals surface area contributed by atoms with Crippen LogP contribution >= 0.6 is 0 Å². The van der Waals surface area contributed by atoms with Gasteiger partial charge >= 0.3 is 0 Å². The molecule has 0 saturated carbocycles. The van der Waals surface area contributed by atoms with Crippen LogP contribution in [0.3, 0.4) is 0 Å². The first kappa shape index (κ1) is 14.4. The van der Waals surface area contributed by atoms with E-state index in [0.717, 1.165) is 61.3 Å². The minimum absolute atomic E-state index is 0.137. The molecule has 0 unspecified atom stereocenters. The van der Waals surface area contributed by atoms with E-state index in [1.807, 2.05) is 23.1 Å². The van der Waals surface area contributed by atoms with Gasteiger partial charge in [0.05, 0.1) is 5.52 Å². The first-order chi connectivity index (χ1) is 11.3. The number of anilines is 1. The van der Waals surface area contributed by atoms with Gasteiger partial charge in [-0.3, -0.25) is 4.79 Å². The fraction of sp³-hybridized carbons (Fsp3) is 0.500. The second-order valence-corrected chi connectivity index (χ2v) is 6.48. The molecule has 2 aliphatic heterocycles. The smallest absolute Gasteiger partial charge is 0.253 e. The van der Waals surface area contributed by atoms with Crippen LogP contribution in [0, 0.1) is 0 Å². The average molecular weight is 310 g/mol. The summed E-state index contributed by atoms with van der Waals surface area (Å²) in [6.07, 6.45) is 7.56. The molecule has 1 aromatic carbocycles. The molecule has 120 valence electrons. The van der Waals surface area contributed by atoms with Crippen molar-refractivity contribution >= 4 is 22.6 Å². The molecule has 5 heteroatoms. The predicted molar refractivity (Wildman–Crippen MR) is 90.7 cm³/mol. The molecule has 0 N–H and O–H groups in total. The maximum Gasteiger partial charge on any atom is 0.253 e. The number of carbonyl (C=O) groups excluding carboxylic acids is 1. The maximum atomic E-state index is 12.6. The SMILES string of the molecule is O=C(c1ccc2ncnc(N3CCCCC3)c2c1)N1CCCC1. The molecule has 1 aromatic heterocycles. The molecule has 1 amide bonds. The molecular weight excluding hydrogens is 288 g/mol. The third-order valence-electron chi connectivity index (χ3n) is 4.91. The largest absolute Gasteiger partial charge is 0.356 e. The lowest BCUT2D eigenvalue weighted by Gasteiger charge is -2.28. The van der Waals surface area contributed by atoms with E-state index >= 15 is 0 Å². The van der Waals surface area contributed by atoms with Crippen LogP contribution in [-0.4, -0.2) is 47.0 Å². The summed E-state index contributed by atoms with van der Waals surface area (Å²) in [5, 5.41) is 0.999. The second kappa shape index (κ2) is 6.14. The van der Waals surface area contributed by atoms with Crippen molar-refractivity contribution in [3.05, 3.63) is 30.1 Å². The van der Waals surface area contributed by atoms with Gasteiger partial charge in [-0.25, -0.2) is 9.97 Å². The van der Waals surface area contributed by atoms with Crippen molar-refractivity contribution in [3.8, 4) is 0 Å². The van der Waals surface area contributed by atoms with Crippen molar-refractivity contribution in [2.45, 2.75) is 32.1 Å². The van der Waals surface area contributed by atoms with Gasteiger partial charge in [-0.05, 0) is 50.3 Å². The first-order valence-electron chi connectivity index (χ1n) is 8.62. The molecule has 2 fully saturated rings. The molecule has 2 saturated heterocycles.